The number of hydrogen-bond donors (Lipinski definition) is 0. The van der Waals surface area contributed by atoms with E-state index in [2.05, 4.69) is 42.5 Å². The Balaban J connectivity index is 1.96. The van der Waals surface area contributed by atoms with Crippen molar-refractivity contribution >= 4 is 0 Å². The summed E-state index contributed by atoms with van der Waals surface area (Å²) in [4.78, 5) is 0. The zero-order chi connectivity index (χ0) is 17.5. The number of nitrogens with zero attached hydrogens (tertiary/aromatic N) is 1. The molecule has 25 heavy (non-hydrogen) atoms. The van der Waals surface area contributed by atoms with Crippen LogP contribution < -0.4 is 0 Å². The van der Waals surface area contributed by atoms with Gasteiger partial charge in [-0.05, 0) is 53.3 Å². The molecule has 0 radical (unpaired) electrons. The Bertz CT molecular complexity index is 861. The Labute approximate surface area is 149 Å². The first-order chi connectivity index (χ1) is 12.3. The van der Waals surface area contributed by atoms with E-state index in [0.717, 1.165) is 41.9 Å². The quantitative estimate of drug-likeness (QED) is 0.562. The van der Waals surface area contributed by atoms with Crippen LogP contribution in [-0.2, 0) is 11.2 Å². The molecule has 0 saturated carbocycles. The number of hydrogen-bond acceptors (Lipinski definition) is 2. The Kier molecular flexibility index (Phi) is 5.61. The highest BCUT2D eigenvalue weighted by atomic mass is 16.5. The fourth-order valence-corrected chi connectivity index (χ4v) is 2.91. The molecule has 2 nitrogen and oxygen atoms in total. The van der Waals surface area contributed by atoms with Gasteiger partial charge < -0.3 is 4.74 Å². The van der Waals surface area contributed by atoms with Crippen molar-refractivity contribution in [2.45, 2.75) is 13.3 Å². The predicted molar refractivity (Wildman–Crippen MR) is 102 cm³/mol. The summed E-state index contributed by atoms with van der Waals surface area (Å²) >= 11 is 0. The Morgan fingerprint density at radius 2 is 1.56 bits per heavy atom. The highest BCUT2D eigenvalue weighted by molar-refractivity contribution is 5.84. The van der Waals surface area contributed by atoms with Gasteiger partial charge in [0.1, 0.15) is 0 Å². The Hall–Kier alpha value is -2.89. The maximum atomic E-state index is 9.27. The second-order valence-corrected chi connectivity index (χ2v) is 5.88. The molecule has 0 saturated heterocycles. The fourth-order valence-electron chi connectivity index (χ4n) is 2.91. The summed E-state index contributed by atoms with van der Waals surface area (Å²) in [6.07, 6.45) is 0.915. The highest BCUT2D eigenvalue weighted by Crippen LogP contribution is 2.33. The molecule has 0 unspecified atom stereocenters. The van der Waals surface area contributed by atoms with Gasteiger partial charge in [-0.2, -0.15) is 5.26 Å². The van der Waals surface area contributed by atoms with Crippen LogP contribution in [0.4, 0.5) is 0 Å². The van der Waals surface area contributed by atoms with Crippen molar-refractivity contribution in [2.75, 3.05) is 13.2 Å². The third-order valence-electron chi connectivity index (χ3n) is 4.24. The van der Waals surface area contributed by atoms with Gasteiger partial charge in [0.15, 0.2) is 0 Å². The van der Waals surface area contributed by atoms with E-state index >= 15 is 0 Å². The van der Waals surface area contributed by atoms with E-state index in [1.807, 2.05) is 43.3 Å². The van der Waals surface area contributed by atoms with Crippen LogP contribution in [0.2, 0.25) is 0 Å². The smallest absolute Gasteiger partial charge is 0.0991 e. The zero-order valence-electron chi connectivity index (χ0n) is 14.4. The number of nitriles is 1. The van der Waals surface area contributed by atoms with E-state index < -0.39 is 0 Å². The minimum absolute atomic E-state index is 0.676. The van der Waals surface area contributed by atoms with Crippen LogP contribution in [-0.4, -0.2) is 13.2 Å². The first-order valence-electron chi connectivity index (χ1n) is 8.58. The molecule has 0 aliphatic carbocycles. The average Bonchev–Trinajstić information content (AvgIpc) is 2.69. The number of rotatable bonds is 6. The first kappa shape index (κ1) is 17.0. The van der Waals surface area contributed by atoms with Gasteiger partial charge in [-0.3, -0.25) is 0 Å². The summed E-state index contributed by atoms with van der Waals surface area (Å²) in [6.45, 7) is 3.50. The molecule has 0 N–H and O–H groups in total. The molecule has 3 aromatic carbocycles. The molecule has 3 rings (SSSR count). The number of benzene rings is 3. The van der Waals surface area contributed by atoms with Crippen molar-refractivity contribution in [1.29, 1.82) is 5.26 Å². The molecule has 2 heteroatoms. The first-order valence-corrected chi connectivity index (χ1v) is 8.58. The van der Waals surface area contributed by atoms with Gasteiger partial charge >= 0.3 is 0 Å². The standard InChI is InChI=1S/C23H21NO/c1-2-25-15-14-18-8-11-21(12-9-18)23-16-19(17-24)10-13-22(23)20-6-4-3-5-7-20/h3-13,16H,2,14-15H2,1H3. The van der Waals surface area contributed by atoms with Gasteiger partial charge in [0.25, 0.3) is 0 Å². The van der Waals surface area contributed by atoms with E-state index in [4.69, 9.17) is 4.74 Å². The largest absolute Gasteiger partial charge is 0.381 e. The SMILES string of the molecule is CCOCCc1ccc(-c2cc(C#N)ccc2-c2ccccc2)cc1. The molecule has 3 aromatic rings. The second kappa shape index (κ2) is 8.28. The van der Waals surface area contributed by atoms with Crippen molar-refractivity contribution in [2.24, 2.45) is 0 Å². The second-order valence-electron chi connectivity index (χ2n) is 5.88. The predicted octanol–water partition coefficient (Wildman–Crippen LogP) is 5.47. The summed E-state index contributed by atoms with van der Waals surface area (Å²) in [5, 5.41) is 9.27. The zero-order valence-corrected chi connectivity index (χ0v) is 14.4. The maximum Gasteiger partial charge on any atom is 0.0991 e. The van der Waals surface area contributed by atoms with E-state index in [1.54, 1.807) is 0 Å². The molecular weight excluding hydrogens is 306 g/mol. The van der Waals surface area contributed by atoms with Crippen LogP contribution in [0.1, 0.15) is 18.1 Å². The lowest BCUT2D eigenvalue weighted by molar-refractivity contribution is 0.151. The van der Waals surface area contributed by atoms with E-state index in [0.29, 0.717) is 5.56 Å². The molecule has 0 aliphatic heterocycles. The van der Waals surface area contributed by atoms with Gasteiger partial charge in [-0.1, -0.05) is 60.7 Å². The van der Waals surface area contributed by atoms with Gasteiger partial charge in [0.2, 0.25) is 0 Å². The molecule has 0 spiro atoms. The van der Waals surface area contributed by atoms with Crippen LogP contribution >= 0.6 is 0 Å². The van der Waals surface area contributed by atoms with Gasteiger partial charge in [-0.25, -0.2) is 0 Å². The summed E-state index contributed by atoms with van der Waals surface area (Å²) in [7, 11) is 0. The number of ether oxygens (including phenoxy) is 1. The van der Waals surface area contributed by atoms with Crippen LogP contribution in [0.5, 0.6) is 0 Å². The van der Waals surface area contributed by atoms with Gasteiger partial charge in [0.05, 0.1) is 18.2 Å². The fraction of sp³-hybridized carbons (Fsp3) is 0.174. The summed E-state index contributed by atoms with van der Waals surface area (Å²) in [5.74, 6) is 0. The summed E-state index contributed by atoms with van der Waals surface area (Å²) in [5.41, 5.74) is 6.44. The van der Waals surface area contributed by atoms with Crippen molar-refractivity contribution in [3.63, 3.8) is 0 Å². The van der Waals surface area contributed by atoms with Gasteiger partial charge in [0, 0.05) is 6.61 Å². The minimum Gasteiger partial charge on any atom is -0.381 e. The summed E-state index contributed by atoms with van der Waals surface area (Å²) in [6, 6.07) is 26.9. The molecule has 0 bridgehead atoms. The molecule has 0 aliphatic rings. The lowest BCUT2D eigenvalue weighted by atomic mass is 9.92. The molecular formula is C23H21NO. The third-order valence-corrected chi connectivity index (χ3v) is 4.24. The van der Waals surface area contributed by atoms with Crippen LogP contribution in [0.3, 0.4) is 0 Å². The molecule has 0 atom stereocenters. The van der Waals surface area contributed by atoms with E-state index in [-0.39, 0.29) is 0 Å². The highest BCUT2D eigenvalue weighted by Gasteiger charge is 2.09. The molecule has 124 valence electrons. The summed E-state index contributed by atoms with van der Waals surface area (Å²) < 4.78 is 5.42. The third kappa shape index (κ3) is 4.15. The van der Waals surface area contributed by atoms with E-state index in [1.165, 1.54) is 5.56 Å². The molecule has 0 aromatic heterocycles. The van der Waals surface area contributed by atoms with Crippen LogP contribution in [0, 0.1) is 11.3 Å². The minimum atomic E-state index is 0.676. The average molecular weight is 327 g/mol. The normalized spacial score (nSPS) is 10.4. The van der Waals surface area contributed by atoms with E-state index in [9.17, 15) is 5.26 Å². The Morgan fingerprint density at radius 1 is 0.840 bits per heavy atom. The monoisotopic (exact) mass is 327 g/mol. The molecule has 0 heterocycles. The van der Waals surface area contributed by atoms with Gasteiger partial charge in [-0.15, -0.1) is 0 Å². The van der Waals surface area contributed by atoms with Crippen LogP contribution in [0.25, 0.3) is 22.3 Å². The van der Waals surface area contributed by atoms with Crippen molar-refractivity contribution in [1.82, 2.24) is 0 Å². The van der Waals surface area contributed by atoms with Crippen molar-refractivity contribution in [3.8, 4) is 28.3 Å². The van der Waals surface area contributed by atoms with Crippen LogP contribution in [0.15, 0.2) is 72.8 Å². The lowest BCUT2D eigenvalue weighted by Gasteiger charge is -2.12. The topological polar surface area (TPSA) is 33.0 Å². The lowest BCUT2D eigenvalue weighted by Crippen LogP contribution is -1.97. The molecule has 0 fully saturated rings. The van der Waals surface area contributed by atoms with Crippen molar-refractivity contribution in [3.05, 3.63) is 83.9 Å². The molecule has 0 amide bonds. The maximum absolute atomic E-state index is 9.27. The van der Waals surface area contributed by atoms with Crippen molar-refractivity contribution < 1.29 is 4.74 Å². The Morgan fingerprint density at radius 3 is 2.24 bits per heavy atom.